The van der Waals surface area contributed by atoms with E-state index in [1.165, 1.54) is 32.4 Å². The molecule has 90 valence electrons. The fourth-order valence-electron chi connectivity index (χ4n) is 1.34. The van der Waals surface area contributed by atoms with Crippen LogP contribution in [0.4, 0.5) is 5.69 Å². The minimum atomic E-state index is -0.727. The van der Waals surface area contributed by atoms with Crippen LogP contribution >= 0.6 is 0 Å². The van der Waals surface area contributed by atoms with Crippen LogP contribution in [0.2, 0.25) is 0 Å². The Labute approximate surface area is 97.5 Å². The molecule has 1 N–H and O–H groups in total. The summed E-state index contributed by atoms with van der Waals surface area (Å²) in [5.74, 6) is -1.41. The third-order valence-electron chi connectivity index (χ3n) is 2.07. The molecule has 1 rings (SSSR count). The minimum absolute atomic E-state index is 0.0334. The number of hydrogen-bond donors (Lipinski definition) is 1. The number of carbonyl (C=O) groups excluding carboxylic acids is 3. The van der Waals surface area contributed by atoms with E-state index in [4.69, 9.17) is 0 Å². The van der Waals surface area contributed by atoms with Crippen molar-refractivity contribution in [3.05, 3.63) is 29.3 Å². The van der Waals surface area contributed by atoms with Gasteiger partial charge in [-0.05, 0) is 12.1 Å². The summed E-state index contributed by atoms with van der Waals surface area (Å²) in [6, 6.07) is 4.41. The van der Waals surface area contributed by atoms with E-state index in [0.717, 1.165) is 0 Å². The molecule has 6 nitrogen and oxygen atoms in total. The van der Waals surface area contributed by atoms with Crippen LogP contribution in [-0.2, 0) is 14.3 Å². The number of methoxy groups -OCH3 is 2. The molecule has 0 aliphatic heterocycles. The summed E-state index contributed by atoms with van der Waals surface area (Å²) in [7, 11) is 2.38. The highest BCUT2D eigenvalue weighted by atomic mass is 16.5. The van der Waals surface area contributed by atoms with Crippen molar-refractivity contribution in [3.8, 4) is 0 Å². The average molecular weight is 237 g/mol. The lowest BCUT2D eigenvalue weighted by Crippen LogP contribution is -2.14. The minimum Gasteiger partial charge on any atom is -0.465 e. The van der Waals surface area contributed by atoms with Crippen LogP contribution in [0.15, 0.2) is 18.2 Å². The van der Waals surface area contributed by atoms with Crippen molar-refractivity contribution in [1.29, 1.82) is 0 Å². The Morgan fingerprint density at radius 1 is 1.18 bits per heavy atom. The second-order valence-electron chi connectivity index (χ2n) is 2.97. The van der Waals surface area contributed by atoms with E-state index >= 15 is 0 Å². The molecule has 1 amide bonds. The average Bonchev–Trinajstić information content (AvgIpc) is 2.37. The van der Waals surface area contributed by atoms with Crippen LogP contribution in [-0.4, -0.2) is 32.6 Å². The molecular weight excluding hydrogens is 226 g/mol. The van der Waals surface area contributed by atoms with Gasteiger partial charge in [0.2, 0.25) is 6.41 Å². The topological polar surface area (TPSA) is 81.7 Å². The van der Waals surface area contributed by atoms with Crippen LogP contribution in [0.1, 0.15) is 20.7 Å². The second-order valence-corrected chi connectivity index (χ2v) is 2.97. The molecule has 0 spiro atoms. The lowest BCUT2D eigenvalue weighted by Gasteiger charge is -2.10. The lowest BCUT2D eigenvalue weighted by atomic mass is 10.1. The first kappa shape index (κ1) is 12.7. The van der Waals surface area contributed by atoms with Crippen molar-refractivity contribution in [2.45, 2.75) is 0 Å². The Hall–Kier alpha value is -2.37. The molecule has 0 radical (unpaired) electrons. The summed E-state index contributed by atoms with van der Waals surface area (Å²) < 4.78 is 9.10. The number of nitrogens with one attached hydrogen (secondary N) is 1. The van der Waals surface area contributed by atoms with Crippen molar-refractivity contribution < 1.29 is 23.9 Å². The first-order valence-corrected chi connectivity index (χ1v) is 4.65. The van der Waals surface area contributed by atoms with Crippen LogP contribution < -0.4 is 5.32 Å². The van der Waals surface area contributed by atoms with Crippen LogP contribution in [0.3, 0.4) is 0 Å². The first-order chi connectivity index (χ1) is 8.15. The van der Waals surface area contributed by atoms with E-state index in [2.05, 4.69) is 14.8 Å². The molecule has 0 atom stereocenters. The summed E-state index contributed by atoms with van der Waals surface area (Å²) in [6.45, 7) is 0. The molecule has 0 saturated carbocycles. The molecule has 0 aliphatic rings. The van der Waals surface area contributed by atoms with E-state index in [9.17, 15) is 14.4 Å². The van der Waals surface area contributed by atoms with Crippen molar-refractivity contribution in [2.75, 3.05) is 19.5 Å². The predicted molar refractivity (Wildman–Crippen MR) is 58.8 cm³/mol. The van der Waals surface area contributed by atoms with Gasteiger partial charge >= 0.3 is 11.9 Å². The van der Waals surface area contributed by atoms with Gasteiger partial charge in [0.25, 0.3) is 0 Å². The summed E-state index contributed by atoms with van der Waals surface area (Å²) in [5, 5.41) is 2.32. The SMILES string of the molecule is COC(=O)c1cccc(NC=O)c1C(=O)OC. The van der Waals surface area contributed by atoms with Gasteiger partial charge in [-0.25, -0.2) is 9.59 Å². The summed E-state index contributed by atoms with van der Waals surface area (Å²) in [6.07, 6.45) is 0.406. The monoisotopic (exact) mass is 237 g/mol. The van der Waals surface area contributed by atoms with Crippen molar-refractivity contribution in [2.24, 2.45) is 0 Å². The Balaban J connectivity index is 3.38. The van der Waals surface area contributed by atoms with Crippen molar-refractivity contribution >= 4 is 24.0 Å². The number of carbonyl (C=O) groups is 3. The standard InChI is InChI=1S/C11H11NO5/c1-16-10(14)7-4-3-5-8(12-6-13)9(7)11(15)17-2/h3-6H,1-2H3,(H,12,13). The zero-order valence-electron chi connectivity index (χ0n) is 9.35. The number of hydrogen-bond acceptors (Lipinski definition) is 5. The third-order valence-corrected chi connectivity index (χ3v) is 2.07. The highest BCUT2D eigenvalue weighted by Crippen LogP contribution is 2.21. The quantitative estimate of drug-likeness (QED) is 0.619. The number of amides is 1. The zero-order valence-corrected chi connectivity index (χ0v) is 9.35. The maximum Gasteiger partial charge on any atom is 0.340 e. The number of ether oxygens (including phenoxy) is 2. The van der Waals surface area contributed by atoms with Gasteiger partial charge < -0.3 is 14.8 Å². The Morgan fingerprint density at radius 3 is 2.35 bits per heavy atom. The normalized spacial score (nSPS) is 9.29. The van der Waals surface area contributed by atoms with Gasteiger partial charge in [0.1, 0.15) is 0 Å². The van der Waals surface area contributed by atoms with Crippen LogP contribution in [0.5, 0.6) is 0 Å². The zero-order chi connectivity index (χ0) is 12.8. The molecule has 6 heteroatoms. The van der Waals surface area contributed by atoms with Gasteiger partial charge in [-0.2, -0.15) is 0 Å². The molecular formula is C11H11NO5. The van der Waals surface area contributed by atoms with Gasteiger partial charge in [0.15, 0.2) is 0 Å². The Morgan fingerprint density at radius 2 is 1.82 bits per heavy atom. The smallest absolute Gasteiger partial charge is 0.340 e. The van der Waals surface area contributed by atoms with Gasteiger partial charge in [-0.1, -0.05) is 6.07 Å². The molecule has 0 saturated heterocycles. The fraction of sp³-hybridized carbons (Fsp3) is 0.182. The Bertz CT molecular complexity index is 455. The van der Waals surface area contributed by atoms with Gasteiger partial charge in [-0.15, -0.1) is 0 Å². The fourth-order valence-corrected chi connectivity index (χ4v) is 1.34. The van der Waals surface area contributed by atoms with Crippen LogP contribution in [0.25, 0.3) is 0 Å². The summed E-state index contributed by atoms with van der Waals surface area (Å²) in [4.78, 5) is 33.4. The maximum absolute atomic E-state index is 11.6. The lowest BCUT2D eigenvalue weighted by molar-refractivity contribution is -0.105. The summed E-state index contributed by atoms with van der Waals surface area (Å²) in [5.41, 5.74) is 0.190. The van der Waals surface area contributed by atoms with E-state index in [-0.39, 0.29) is 16.8 Å². The molecule has 1 aromatic carbocycles. The van der Waals surface area contributed by atoms with Gasteiger partial charge in [0, 0.05) is 0 Å². The van der Waals surface area contributed by atoms with E-state index in [1.807, 2.05) is 0 Å². The maximum atomic E-state index is 11.6. The first-order valence-electron chi connectivity index (χ1n) is 4.65. The van der Waals surface area contributed by atoms with E-state index in [0.29, 0.717) is 6.41 Å². The second kappa shape index (κ2) is 5.64. The van der Waals surface area contributed by atoms with Gasteiger partial charge in [-0.3, -0.25) is 4.79 Å². The molecule has 0 bridgehead atoms. The van der Waals surface area contributed by atoms with Crippen molar-refractivity contribution in [1.82, 2.24) is 0 Å². The molecule has 0 unspecified atom stereocenters. The van der Waals surface area contributed by atoms with Crippen molar-refractivity contribution in [3.63, 3.8) is 0 Å². The highest BCUT2D eigenvalue weighted by molar-refractivity contribution is 6.08. The molecule has 1 aromatic rings. The number of benzene rings is 1. The predicted octanol–water partition coefficient (Wildman–Crippen LogP) is 0.828. The number of anilines is 1. The number of esters is 2. The van der Waals surface area contributed by atoms with E-state index < -0.39 is 11.9 Å². The van der Waals surface area contributed by atoms with Crippen LogP contribution in [0, 0.1) is 0 Å². The molecule has 0 aromatic heterocycles. The molecule has 0 aliphatic carbocycles. The molecule has 0 heterocycles. The third kappa shape index (κ3) is 2.60. The van der Waals surface area contributed by atoms with Gasteiger partial charge in [0.05, 0.1) is 31.0 Å². The highest BCUT2D eigenvalue weighted by Gasteiger charge is 2.21. The largest absolute Gasteiger partial charge is 0.465 e. The van der Waals surface area contributed by atoms with E-state index in [1.54, 1.807) is 0 Å². The molecule has 17 heavy (non-hydrogen) atoms. The number of rotatable bonds is 4. The summed E-state index contributed by atoms with van der Waals surface area (Å²) >= 11 is 0. The molecule has 0 fully saturated rings. The Kier molecular flexibility index (Phi) is 4.21.